The molecule has 1 aromatic carbocycles. The number of anilines is 2. The minimum atomic E-state index is -0.393. The van der Waals surface area contributed by atoms with Gasteiger partial charge in [0.2, 0.25) is 11.8 Å². The summed E-state index contributed by atoms with van der Waals surface area (Å²) in [7, 11) is 0. The zero-order chi connectivity index (χ0) is 18.7. The lowest BCUT2D eigenvalue weighted by molar-refractivity contribution is -0.122. The molecule has 0 bridgehead atoms. The third-order valence-corrected chi connectivity index (χ3v) is 4.27. The van der Waals surface area contributed by atoms with Crippen molar-refractivity contribution in [2.45, 2.75) is 33.3 Å². The van der Waals surface area contributed by atoms with Crippen LogP contribution in [0.5, 0.6) is 5.75 Å². The molecule has 1 aromatic heterocycles. The van der Waals surface area contributed by atoms with Gasteiger partial charge in [0.25, 0.3) is 0 Å². The zero-order valence-electron chi connectivity index (χ0n) is 15.2. The molecule has 0 saturated carbocycles. The fourth-order valence-corrected chi connectivity index (χ4v) is 2.94. The fraction of sp³-hybridized carbons (Fsp3) is 0.350. The molecule has 3 rings (SSSR count). The number of hydrogen-bond acceptors (Lipinski definition) is 4. The van der Waals surface area contributed by atoms with E-state index in [-0.39, 0.29) is 24.3 Å². The standard InChI is InChI=1S/C20H23N3O3/c1-13(2)26-17-8-6-16(7-9-17)23-12-15(11-18(23)24)20(25)22-19-14(3)5-4-10-21-19/h4-10,13,15H,11-12H2,1-3H3,(H,21,22,25)/t15-/m0/s1. The largest absolute Gasteiger partial charge is 0.491 e. The Morgan fingerprint density at radius 2 is 2.00 bits per heavy atom. The SMILES string of the molecule is Cc1cccnc1NC(=O)[C@H]1CC(=O)N(c2ccc(OC(C)C)cc2)C1. The first-order chi connectivity index (χ1) is 12.4. The zero-order valence-corrected chi connectivity index (χ0v) is 15.2. The Labute approximate surface area is 153 Å². The Hall–Kier alpha value is -2.89. The molecule has 6 nitrogen and oxygen atoms in total. The van der Waals surface area contributed by atoms with Crippen LogP contribution < -0.4 is 15.0 Å². The van der Waals surface area contributed by atoms with Crippen LogP contribution >= 0.6 is 0 Å². The van der Waals surface area contributed by atoms with Gasteiger partial charge >= 0.3 is 0 Å². The molecule has 6 heteroatoms. The van der Waals surface area contributed by atoms with Crippen molar-refractivity contribution in [2.24, 2.45) is 5.92 Å². The third-order valence-electron chi connectivity index (χ3n) is 4.27. The molecule has 2 aromatic rings. The summed E-state index contributed by atoms with van der Waals surface area (Å²) in [4.78, 5) is 30.7. The van der Waals surface area contributed by atoms with E-state index in [4.69, 9.17) is 4.74 Å². The number of rotatable bonds is 5. The Balaban J connectivity index is 1.66. The highest BCUT2D eigenvalue weighted by Gasteiger charge is 2.35. The molecule has 136 valence electrons. The molecular weight excluding hydrogens is 330 g/mol. The normalized spacial score (nSPS) is 16.8. The Morgan fingerprint density at radius 3 is 2.65 bits per heavy atom. The van der Waals surface area contributed by atoms with Gasteiger partial charge in [0, 0.05) is 24.8 Å². The number of aryl methyl sites for hydroxylation is 1. The first-order valence-electron chi connectivity index (χ1n) is 8.73. The molecule has 0 unspecified atom stereocenters. The van der Waals surface area contributed by atoms with Crippen LogP contribution in [0.15, 0.2) is 42.6 Å². The van der Waals surface area contributed by atoms with E-state index in [2.05, 4.69) is 10.3 Å². The van der Waals surface area contributed by atoms with Crippen molar-refractivity contribution in [3.8, 4) is 5.75 Å². The van der Waals surface area contributed by atoms with Crippen molar-refractivity contribution in [3.63, 3.8) is 0 Å². The predicted molar refractivity (Wildman–Crippen MR) is 100 cm³/mol. The lowest BCUT2D eigenvalue weighted by Crippen LogP contribution is -2.28. The second kappa shape index (κ2) is 7.56. The molecule has 1 N–H and O–H groups in total. The van der Waals surface area contributed by atoms with E-state index in [1.807, 2.05) is 57.2 Å². The van der Waals surface area contributed by atoms with Gasteiger partial charge in [-0.2, -0.15) is 0 Å². The topological polar surface area (TPSA) is 71.5 Å². The van der Waals surface area contributed by atoms with Gasteiger partial charge < -0.3 is 15.0 Å². The van der Waals surface area contributed by atoms with E-state index in [1.165, 1.54) is 0 Å². The highest BCUT2D eigenvalue weighted by Crippen LogP contribution is 2.28. The van der Waals surface area contributed by atoms with Gasteiger partial charge in [-0.15, -0.1) is 0 Å². The highest BCUT2D eigenvalue weighted by molar-refractivity contribution is 6.03. The highest BCUT2D eigenvalue weighted by atomic mass is 16.5. The Kier molecular flexibility index (Phi) is 5.21. The van der Waals surface area contributed by atoms with Crippen molar-refractivity contribution in [1.82, 2.24) is 4.98 Å². The van der Waals surface area contributed by atoms with Crippen LogP contribution in [0, 0.1) is 12.8 Å². The molecular formula is C20H23N3O3. The minimum Gasteiger partial charge on any atom is -0.491 e. The molecule has 1 atom stereocenters. The van der Waals surface area contributed by atoms with Gasteiger partial charge in [0.1, 0.15) is 11.6 Å². The monoisotopic (exact) mass is 353 g/mol. The molecule has 0 aliphatic carbocycles. The van der Waals surface area contributed by atoms with Gasteiger partial charge in [0.15, 0.2) is 0 Å². The maximum absolute atomic E-state index is 12.5. The quantitative estimate of drug-likeness (QED) is 0.896. The number of amides is 2. The summed E-state index contributed by atoms with van der Waals surface area (Å²) < 4.78 is 5.62. The van der Waals surface area contributed by atoms with Gasteiger partial charge in [-0.3, -0.25) is 9.59 Å². The maximum atomic E-state index is 12.5. The van der Waals surface area contributed by atoms with Gasteiger partial charge in [-0.05, 0) is 56.7 Å². The van der Waals surface area contributed by atoms with Crippen LogP contribution in [-0.4, -0.2) is 29.4 Å². The van der Waals surface area contributed by atoms with Crippen molar-refractivity contribution < 1.29 is 14.3 Å². The van der Waals surface area contributed by atoms with Crippen molar-refractivity contribution in [2.75, 3.05) is 16.8 Å². The van der Waals surface area contributed by atoms with Crippen LogP contribution in [0.3, 0.4) is 0 Å². The second-order valence-electron chi connectivity index (χ2n) is 6.72. The van der Waals surface area contributed by atoms with E-state index in [1.54, 1.807) is 11.1 Å². The summed E-state index contributed by atoms with van der Waals surface area (Å²) in [6.07, 6.45) is 1.93. The maximum Gasteiger partial charge on any atom is 0.230 e. The van der Waals surface area contributed by atoms with Gasteiger partial charge in [-0.25, -0.2) is 4.98 Å². The molecule has 1 aliphatic heterocycles. The van der Waals surface area contributed by atoms with Crippen LogP contribution in [-0.2, 0) is 9.59 Å². The number of carbonyl (C=O) groups is 2. The van der Waals surface area contributed by atoms with Gasteiger partial charge in [-0.1, -0.05) is 6.07 Å². The van der Waals surface area contributed by atoms with E-state index in [9.17, 15) is 9.59 Å². The van der Waals surface area contributed by atoms with Crippen LogP contribution in [0.25, 0.3) is 0 Å². The van der Waals surface area contributed by atoms with Crippen LogP contribution in [0.2, 0.25) is 0 Å². The number of pyridine rings is 1. The average Bonchev–Trinajstić information content (AvgIpc) is 2.99. The number of benzene rings is 1. The molecule has 0 radical (unpaired) electrons. The summed E-state index contributed by atoms with van der Waals surface area (Å²) in [5.74, 6) is 0.673. The fourth-order valence-electron chi connectivity index (χ4n) is 2.94. The van der Waals surface area contributed by atoms with Gasteiger partial charge in [0.05, 0.1) is 12.0 Å². The van der Waals surface area contributed by atoms with E-state index >= 15 is 0 Å². The Morgan fingerprint density at radius 1 is 1.27 bits per heavy atom. The predicted octanol–water partition coefficient (Wildman–Crippen LogP) is 3.17. The van der Waals surface area contributed by atoms with E-state index in [0.717, 1.165) is 17.0 Å². The molecule has 26 heavy (non-hydrogen) atoms. The van der Waals surface area contributed by atoms with Crippen LogP contribution in [0.1, 0.15) is 25.8 Å². The Bertz CT molecular complexity index is 802. The molecule has 1 saturated heterocycles. The lowest BCUT2D eigenvalue weighted by atomic mass is 10.1. The molecule has 2 heterocycles. The summed E-state index contributed by atoms with van der Waals surface area (Å²) in [5.41, 5.74) is 1.66. The number of aromatic nitrogens is 1. The molecule has 2 amide bonds. The van der Waals surface area contributed by atoms with Crippen molar-refractivity contribution in [1.29, 1.82) is 0 Å². The van der Waals surface area contributed by atoms with E-state index in [0.29, 0.717) is 12.4 Å². The van der Waals surface area contributed by atoms with E-state index < -0.39 is 5.92 Å². The number of nitrogens with one attached hydrogen (secondary N) is 1. The number of nitrogens with zero attached hydrogens (tertiary/aromatic N) is 2. The smallest absolute Gasteiger partial charge is 0.230 e. The number of hydrogen-bond donors (Lipinski definition) is 1. The average molecular weight is 353 g/mol. The first-order valence-corrected chi connectivity index (χ1v) is 8.73. The third kappa shape index (κ3) is 4.02. The second-order valence-corrected chi connectivity index (χ2v) is 6.72. The van der Waals surface area contributed by atoms with Crippen molar-refractivity contribution >= 4 is 23.3 Å². The number of ether oxygens (including phenoxy) is 1. The number of carbonyl (C=O) groups excluding carboxylic acids is 2. The first kappa shape index (κ1) is 17.9. The van der Waals surface area contributed by atoms with Crippen molar-refractivity contribution in [3.05, 3.63) is 48.2 Å². The lowest BCUT2D eigenvalue weighted by Gasteiger charge is -2.18. The minimum absolute atomic E-state index is 0.0552. The summed E-state index contributed by atoms with van der Waals surface area (Å²) in [6.45, 7) is 6.17. The molecule has 1 fully saturated rings. The summed E-state index contributed by atoms with van der Waals surface area (Å²) in [6, 6.07) is 11.1. The summed E-state index contributed by atoms with van der Waals surface area (Å²) in [5, 5.41) is 2.83. The van der Waals surface area contributed by atoms with Crippen LogP contribution in [0.4, 0.5) is 11.5 Å². The molecule has 1 aliphatic rings. The molecule has 0 spiro atoms. The summed E-state index contributed by atoms with van der Waals surface area (Å²) >= 11 is 0.